The Kier molecular flexibility index (Phi) is 3.04. The molecule has 0 radical (unpaired) electrons. The van der Waals surface area contributed by atoms with Crippen molar-refractivity contribution in [2.45, 2.75) is 32.5 Å². The molecule has 3 aromatic rings. The van der Waals surface area contributed by atoms with E-state index in [1.54, 1.807) is 24.5 Å². The van der Waals surface area contributed by atoms with Gasteiger partial charge in [0.25, 0.3) is 5.56 Å². The molecule has 23 heavy (non-hydrogen) atoms. The quantitative estimate of drug-likeness (QED) is 0.692. The van der Waals surface area contributed by atoms with Crippen molar-refractivity contribution in [3.8, 4) is 11.4 Å². The van der Waals surface area contributed by atoms with Crippen molar-refractivity contribution < 1.29 is 4.74 Å². The lowest BCUT2D eigenvalue weighted by molar-refractivity contribution is -0.0379. The summed E-state index contributed by atoms with van der Waals surface area (Å²) in [6, 6.07) is 3.58. The number of fused-ring (bicyclic) bond motifs is 3. The number of hydrogen-bond donors (Lipinski definition) is 1. The number of rotatable bonds is 1. The third-order valence-corrected chi connectivity index (χ3v) is 5.17. The molecule has 0 unspecified atom stereocenters. The molecule has 0 saturated carbocycles. The maximum Gasteiger partial charge on any atom is 0.281 e. The number of ether oxygens (including phenoxy) is 1. The van der Waals surface area contributed by atoms with Crippen LogP contribution in [0.3, 0.4) is 0 Å². The predicted molar refractivity (Wildman–Crippen MR) is 89.8 cm³/mol. The molecule has 118 valence electrons. The number of nitrogens with two attached hydrogens (primary N) is 1. The molecular formula is C16H16N4O2S. The fourth-order valence-electron chi connectivity index (χ4n) is 2.91. The maximum absolute atomic E-state index is 12.8. The second-order valence-electron chi connectivity index (χ2n) is 6.26. The monoisotopic (exact) mass is 328 g/mol. The molecule has 0 saturated heterocycles. The van der Waals surface area contributed by atoms with Gasteiger partial charge in [0, 0.05) is 29.3 Å². The van der Waals surface area contributed by atoms with E-state index in [9.17, 15) is 4.79 Å². The van der Waals surface area contributed by atoms with E-state index in [4.69, 9.17) is 10.6 Å². The molecule has 4 heterocycles. The third kappa shape index (κ3) is 2.24. The number of nitrogens with zero attached hydrogens (tertiary/aromatic N) is 3. The average Bonchev–Trinajstić information content (AvgIpc) is 2.88. The minimum absolute atomic E-state index is 0.211. The van der Waals surface area contributed by atoms with Crippen molar-refractivity contribution >= 4 is 21.6 Å². The first kappa shape index (κ1) is 14.3. The number of thiophene rings is 1. The highest BCUT2D eigenvalue weighted by Crippen LogP contribution is 2.37. The van der Waals surface area contributed by atoms with E-state index in [1.807, 2.05) is 13.8 Å². The first-order chi connectivity index (χ1) is 11.0. The number of hydrogen-bond acceptors (Lipinski definition) is 6. The normalized spacial score (nSPS) is 16.4. The standard InChI is InChI=1S/C16H16N4O2S/c1-16(2)7-10-11(8-22-16)23-14-12(10)15(21)20(17)13(19-14)9-3-5-18-6-4-9/h3-6H,7-8,17H2,1-2H3. The van der Waals surface area contributed by atoms with Crippen LogP contribution in [0.1, 0.15) is 24.3 Å². The van der Waals surface area contributed by atoms with Crippen LogP contribution < -0.4 is 11.4 Å². The first-order valence-electron chi connectivity index (χ1n) is 7.33. The lowest BCUT2D eigenvalue weighted by Crippen LogP contribution is -2.33. The zero-order valence-corrected chi connectivity index (χ0v) is 13.7. The molecule has 0 aromatic carbocycles. The average molecular weight is 328 g/mol. The lowest BCUT2D eigenvalue weighted by Gasteiger charge is -2.29. The third-order valence-electron chi connectivity index (χ3n) is 4.08. The Morgan fingerprint density at radius 1 is 1.35 bits per heavy atom. The van der Waals surface area contributed by atoms with Crippen LogP contribution in [-0.2, 0) is 17.8 Å². The summed E-state index contributed by atoms with van der Waals surface area (Å²) in [5.41, 5.74) is 1.30. The maximum atomic E-state index is 12.8. The van der Waals surface area contributed by atoms with Crippen molar-refractivity contribution in [2.75, 3.05) is 5.84 Å². The second kappa shape index (κ2) is 4.87. The van der Waals surface area contributed by atoms with Crippen molar-refractivity contribution in [1.29, 1.82) is 0 Å². The summed E-state index contributed by atoms with van der Waals surface area (Å²) in [6.07, 6.45) is 4.00. The summed E-state index contributed by atoms with van der Waals surface area (Å²) >= 11 is 1.51. The van der Waals surface area contributed by atoms with E-state index in [0.717, 1.165) is 25.5 Å². The van der Waals surface area contributed by atoms with Crippen LogP contribution in [0.15, 0.2) is 29.3 Å². The molecule has 1 aliphatic rings. The van der Waals surface area contributed by atoms with Gasteiger partial charge in [0.15, 0.2) is 5.82 Å². The Morgan fingerprint density at radius 2 is 2.09 bits per heavy atom. The van der Waals surface area contributed by atoms with E-state index < -0.39 is 0 Å². The van der Waals surface area contributed by atoms with Gasteiger partial charge in [-0.1, -0.05) is 0 Å². The summed E-state index contributed by atoms with van der Waals surface area (Å²) in [7, 11) is 0. The summed E-state index contributed by atoms with van der Waals surface area (Å²) in [5, 5.41) is 0.627. The van der Waals surface area contributed by atoms with Gasteiger partial charge in [-0.2, -0.15) is 0 Å². The summed E-state index contributed by atoms with van der Waals surface area (Å²) in [6.45, 7) is 4.57. The van der Waals surface area contributed by atoms with Crippen LogP contribution in [0, 0.1) is 0 Å². The highest BCUT2D eigenvalue weighted by molar-refractivity contribution is 7.18. The minimum Gasteiger partial charge on any atom is -0.370 e. The molecule has 0 amide bonds. The van der Waals surface area contributed by atoms with Gasteiger partial charge in [-0.25, -0.2) is 9.66 Å². The Balaban J connectivity index is 1.99. The molecule has 0 bridgehead atoms. The molecule has 6 nitrogen and oxygen atoms in total. The number of pyridine rings is 1. The Bertz CT molecular complexity index is 960. The summed E-state index contributed by atoms with van der Waals surface area (Å²) in [5.74, 6) is 6.48. The van der Waals surface area contributed by atoms with Crippen molar-refractivity contribution in [3.05, 3.63) is 45.3 Å². The van der Waals surface area contributed by atoms with Crippen LogP contribution in [-0.4, -0.2) is 20.2 Å². The fraction of sp³-hybridized carbons (Fsp3) is 0.312. The van der Waals surface area contributed by atoms with E-state index in [-0.39, 0.29) is 11.2 Å². The van der Waals surface area contributed by atoms with Gasteiger partial charge in [0.2, 0.25) is 0 Å². The predicted octanol–water partition coefficient (Wildman–Crippen LogP) is 2.09. The molecule has 1 aliphatic heterocycles. The summed E-state index contributed by atoms with van der Waals surface area (Å²) < 4.78 is 6.97. The van der Waals surface area contributed by atoms with E-state index in [0.29, 0.717) is 24.2 Å². The van der Waals surface area contributed by atoms with Gasteiger partial charge >= 0.3 is 0 Å². The van der Waals surface area contributed by atoms with Gasteiger partial charge in [0.05, 0.1) is 17.6 Å². The SMILES string of the molecule is CC1(C)Cc2c(sc3nc(-c4ccncc4)n(N)c(=O)c23)CO1. The molecule has 0 aliphatic carbocycles. The summed E-state index contributed by atoms with van der Waals surface area (Å²) in [4.78, 5) is 23.2. The lowest BCUT2D eigenvalue weighted by atomic mass is 9.94. The van der Waals surface area contributed by atoms with Gasteiger partial charge in [0.1, 0.15) is 4.83 Å². The van der Waals surface area contributed by atoms with Crippen molar-refractivity contribution in [2.24, 2.45) is 0 Å². The van der Waals surface area contributed by atoms with Crippen LogP contribution >= 0.6 is 11.3 Å². The Morgan fingerprint density at radius 3 is 2.83 bits per heavy atom. The van der Waals surface area contributed by atoms with E-state index >= 15 is 0 Å². The zero-order chi connectivity index (χ0) is 16.2. The topological polar surface area (TPSA) is 83.0 Å². The zero-order valence-electron chi connectivity index (χ0n) is 12.9. The Hall–Kier alpha value is -2.25. The highest BCUT2D eigenvalue weighted by atomic mass is 32.1. The van der Waals surface area contributed by atoms with Gasteiger partial charge in [-0.05, 0) is 31.5 Å². The van der Waals surface area contributed by atoms with Gasteiger partial charge in [-0.15, -0.1) is 11.3 Å². The molecule has 2 N–H and O–H groups in total. The molecule has 0 atom stereocenters. The fourth-order valence-corrected chi connectivity index (χ4v) is 4.00. The van der Waals surface area contributed by atoms with Crippen molar-refractivity contribution in [3.63, 3.8) is 0 Å². The number of nitrogen functional groups attached to an aromatic ring is 1. The van der Waals surface area contributed by atoms with E-state index in [1.165, 1.54) is 11.3 Å². The van der Waals surface area contributed by atoms with Crippen LogP contribution in [0.4, 0.5) is 0 Å². The van der Waals surface area contributed by atoms with Crippen LogP contribution in [0.25, 0.3) is 21.6 Å². The van der Waals surface area contributed by atoms with Crippen LogP contribution in [0.2, 0.25) is 0 Å². The molecular weight excluding hydrogens is 312 g/mol. The molecule has 3 aromatic heterocycles. The molecule has 4 rings (SSSR count). The molecule has 0 spiro atoms. The largest absolute Gasteiger partial charge is 0.370 e. The van der Waals surface area contributed by atoms with E-state index in [2.05, 4.69) is 9.97 Å². The number of aromatic nitrogens is 3. The first-order valence-corrected chi connectivity index (χ1v) is 8.15. The molecule has 0 fully saturated rings. The molecule has 7 heteroatoms. The second-order valence-corrected chi connectivity index (χ2v) is 7.34. The van der Waals surface area contributed by atoms with Gasteiger partial charge in [-0.3, -0.25) is 9.78 Å². The smallest absolute Gasteiger partial charge is 0.281 e. The minimum atomic E-state index is -0.281. The highest BCUT2D eigenvalue weighted by Gasteiger charge is 2.31. The Labute approximate surface area is 136 Å². The van der Waals surface area contributed by atoms with Crippen LogP contribution in [0.5, 0.6) is 0 Å². The van der Waals surface area contributed by atoms with Crippen molar-refractivity contribution in [1.82, 2.24) is 14.6 Å². The van der Waals surface area contributed by atoms with Gasteiger partial charge < -0.3 is 10.6 Å².